The second-order valence-electron chi connectivity index (χ2n) is 6.35. The lowest BCUT2D eigenvalue weighted by atomic mass is 9.85. The third-order valence-electron chi connectivity index (χ3n) is 4.56. The lowest BCUT2D eigenvalue weighted by Crippen LogP contribution is -2.42. The molecule has 0 bridgehead atoms. The normalized spacial score (nSPS) is 18.2. The van der Waals surface area contributed by atoms with Crippen molar-refractivity contribution in [3.63, 3.8) is 0 Å². The van der Waals surface area contributed by atoms with Crippen molar-refractivity contribution in [2.75, 3.05) is 7.05 Å². The van der Waals surface area contributed by atoms with Gasteiger partial charge >= 0.3 is 0 Å². The SMILES string of the molecule is CN=C(NCc1ncnn1C)NC(C)CCC1CCCCC1. The number of nitrogens with one attached hydrogen (secondary N) is 2. The van der Waals surface area contributed by atoms with Crippen molar-refractivity contribution in [1.29, 1.82) is 0 Å². The van der Waals surface area contributed by atoms with Gasteiger partial charge in [0, 0.05) is 20.1 Å². The molecule has 1 fully saturated rings. The van der Waals surface area contributed by atoms with Gasteiger partial charge in [-0.05, 0) is 25.7 Å². The maximum Gasteiger partial charge on any atom is 0.191 e. The Hall–Kier alpha value is -1.59. The zero-order chi connectivity index (χ0) is 15.8. The van der Waals surface area contributed by atoms with Crippen LogP contribution < -0.4 is 10.6 Å². The highest BCUT2D eigenvalue weighted by Crippen LogP contribution is 2.27. The molecular weight excluding hydrogens is 276 g/mol. The van der Waals surface area contributed by atoms with Crippen LogP contribution in [0.2, 0.25) is 0 Å². The van der Waals surface area contributed by atoms with E-state index < -0.39 is 0 Å². The number of hydrogen-bond acceptors (Lipinski definition) is 3. The van der Waals surface area contributed by atoms with Crippen LogP contribution in [0.1, 0.15) is 57.7 Å². The van der Waals surface area contributed by atoms with Crippen molar-refractivity contribution < 1.29 is 0 Å². The molecule has 0 aromatic carbocycles. The van der Waals surface area contributed by atoms with Crippen molar-refractivity contribution >= 4 is 5.96 Å². The van der Waals surface area contributed by atoms with E-state index in [1.54, 1.807) is 18.1 Å². The number of aliphatic imine (C=N–C) groups is 1. The molecule has 0 spiro atoms. The van der Waals surface area contributed by atoms with Crippen LogP contribution in [-0.2, 0) is 13.6 Å². The number of hydrogen-bond donors (Lipinski definition) is 2. The largest absolute Gasteiger partial charge is 0.354 e. The fraction of sp³-hybridized carbons (Fsp3) is 0.812. The van der Waals surface area contributed by atoms with Gasteiger partial charge in [0.15, 0.2) is 5.96 Å². The van der Waals surface area contributed by atoms with E-state index in [2.05, 4.69) is 32.6 Å². The van der Waals surface area contributed by atoms with E-state index in [0.29, 0.717) is 12.6 Å². The van der Waals surface area contributed by atoms with Crippen LogP contribution in [0.4, 0.5) is 0 Å². The molecule has 0 aliphatic heterocycles. The quantitative estimate of drug-likeness (QED) is 0.625. The van der Waals surface area contributed by atoms with Crippen molar-refractivity contribution in [3.8, 4) is 0 Å². The van der Waals surface area contributed by atoms with Crippen molar-refractivity contribution in [2.24, 2.45) is 18.0 Å². The topological polar surface area (TPSA) is 67.1 Å². The summed E-state index contributed by atoms with van der Waals surface area (Å²) in [5.41, 5.74) is 0. The molecule has 1 aliphatic carbocycles. The molecule has 1 aliphatic rings. The highest BCUT2D eigenvalue weighted by molar-refractivity contribution is 5.79. The maximum atomic E-state index is 4.29. The van der Waals surface area contributed by atoms with Crippen molar-refractivity contribution in [3.05, 3.63) is 12.2 Å². The molecular formula is C16H30N6. The first-order chi connectivity index (χ1) is 10.7. The highest BCUT2D eigenvalue weighted by Gasteiger charge is 2.15. The second kappa shape index (κ2) is 8.76. The van der Waals surface area contributed by atoms with Gasteiger partial charge in [-0.25, -0.2) is 4.98 Å². The van der Waals surface area contributed by atoms with E-state index in [9.17, 15) is 0 Å². The van der Waals surface area contributed by atoms with Crippen LogP contribution in [0.3, 0.4) is 0 Å². The standard InChI is InChI=1S/C16H30N6/c1-13(9-10-14-7-5-4-6-8-14)21-16(17-2)18-11-15-19-12-20-22(15)3/h12-14H,4-11H2,1-3H3,(H2,17,18,21). The van der Waals surface area contributed by atoms with Gasteiger partial charge in [0.1, 0.15) is 12.2 Å². The lowest BCUT2D eigenvalue weighted by Gasteiger charge is -2.24. The molecule has 1 aromatic heterocycles. The van der Waals surface area contributed by atoms with Gasteiger partial charge in [-0.15, -0.1) is 0 Å². The summed E-state index contributed by atoms with van der Waals surface area (Å²) in [6.45, 7) is 2.86. The van der Waals surface area contributed by atoms with Crippen LogP contribution in [0, 0.1) is 5.92 Å². The molecule has 1 saturated carbocycles. The summed E-state index contributed by atoms with van der Waals surface area (Å²) >= 11 is 0. The average molecular weight is 306 g/mol. The first-order valence-electron chi connectivity index (χ1n) is 8.49. The summed E-state index contributed by atoms with van der Waals surface area (Å²) in [7, 11) is 3.70. The molecule has 2 rings (SSSR count). The number of rotatable bonds is 6. The van der Waals surface area contributed by atoms with Crippen LogP contribution in [0.15, 0.2) is 11.3 Å². The zero-order valence-corrected chi connectivity index (χ0v) is 14.2. The minimum Gasteiger partial charge on any atom is -0.354 e. The van der Waals surface area contributed by atoms with E-state index in [4.69, 9.17) is 0 Å². The fourth-order valence-electron chi connectivity index (χ4n) is 3.10. The Kier molecular flexibility index (Phi) is 6.68. The predicted molar refractivity (Wildman–Crippen MR) is 89.6 cm³/mol. The van der Waals surface area contributed by atoms with E-state index >= 15 is 0 Å². The summed E-state index contributed by atoms with van der Waals surface area (Å²) in [6.07, 6.45) is 11.2. The van der Waals surface area contributed by atoms with Crippen molar-refractivity contribution in [2.45, 2.75) is 64.5 Å². The lowest BCUT2D eigenvalue weighted by molar-refractivity contribution is 0.322. The average Bonchev–Trinajstić information content (AvgIpc) is 2.95. The molecule has 0 amide bonds. The van der Waals surface area contributed by atoms with Gasteiger partial charge in [-0.3, -0.25) is 9.67 Å². The van der Waals surface area contributed by atoms with Crippen molar-refractivity contribution in [1.82, 2.24) is 25.4 Å². The summed E-state index contributed by atoms with van der Waals surface area (Å²) in [5, 5.41) is 10.8. The summed E-state index contributed by atoms with van der Waals surface area (Å²) in [6, 6.07) is 0.438. The Balaban J connectivity index is 1.69. The summed E-state index contributed by atoms with van der Waals surface area (Å²) < 4.78 is 1.77. The van der Waals surface area contributed by atoms with Crippen LogP contribution in [-0.4, -0.2) is 33.8 Å². The Bertz CT molecular complexity index is 461. The molecule has 22 heavy (non-hydrogen) atoms. The van der Waals surface area contributed by atoms with Crippen LogP contribution >= 0.6 is 0 Å². The minimum absolute atomic E-state index is 0.438. The van der Waals surface area contributed by atoms with E-state index in [-0.39, 0.29) is 0 Å². The second-order valence-corrected chi connectivity index (χ2v) is 6.35. The van der Waals surface area contributed by atoms with E-state index in [1.807, 2.05) is 7.05 Å². The monoisotopic (exact) mass is 306 g/mol. The third-order valence-corrected chi connectivity index (χ3v) is 4.56. The smallest absolute Gasteiger partial charge is 0.191 e. The molecule has 1 atom stereocenters. The highest BCUT2D eigenvalue weighted by atomic mass is 15.3. The first-order valence-corrected chi connectivity index (χ1v) is 8.49. The molecule has 124 valence electrons. The fourth-order valence-corrected chi connectivity index (χ4v) is 3.10. The molecule has 6 heteroatoms. The number of guanidine groups is 1. The molecule has 0 saturated heterocycles. The maximum absolute atomic E-state index is 4.29. The van der Waals surface area contributed by atoms with Gasteiger partial charge in [0.05, 0.1) is 6.54 Å². The molecule has 2 N–H and O–H groups in total. The molecule has 1 aromatic rings. The van der Waals surface area contributed by atoms with E-state index in [0.717, 1.165) is 17.7 Å². The van der Waals surface area contributed by atoms with Gasteiger partial charge < -0.3 is 10.6 Å². The van der Waals surface area contributed by atoms with Crippen LogP contribution in [0.25, 0.3) is 0 Å². The van der Waals surface area contributed by atoms with Gasteiger partial charge in [0.25, 0.3) is 0 Å². The first kappa shape index (κ1) is 16.8. The minimum atomic E-state index is 0.438. The summed E-state index contributed by atoms with van der Waals surface area (Å²) in [4.78, 5) is 8.49. The number of aryl methyl sites for hydroxylation is 1. The van der Waals surface area contributed by atoms with E-state index in [1.165, 1.54) is 44.9 Å². The Morgan fingerprint density at radius 3 is 2.82 bits per heavy atom. The molecule has 0 radical (unpaired) electrons. The Morgan fingerprint density at radius 1 is 1.41 bits per heavy atom. The molecule has 6 nitrogen and oxygen atoms in total. The van der Waals surface area contributed by atoms with Gasteiger partial charge in [0.2, 0.25) is 0 Å². The zero-order valence-electron chi connectivity index (χ0n) is 14.2. The Labute approximate surface area is 133 Å². The van der Waals surface area contributed by atoms with Gasteiger partial charge in [-0.1, -0.05) is 32.1 Å². The van der Waals surface area contributed by atoms with Gasteiger partial charge in [-0.2, -0.15) is 5.10 Å². The molecule has 1 unspecified atom stereocenters. The van der Waals surface area contributed by atoms with Crippen LogP contribution in [0.5, 0.6) is 0 Å². The third kappa shape index (κ3) is 5.31. The summed E-state index contributed by atoms with van der Waals surface area (Å²) in [5.74, 6) is 2.67. The number of nitrogens with zero attached hydrogens (tertiary/aromatic N) is 4. The molecule has 1 heterocycles. The predicted octanol–water partition coefficient (Wildman–Crippen LogP) is 2.23. The number of aromatic nitrogens is 3. The Morgan fingerprint density at radius 2 is 2.18 bits per heavy atom.